The quantitative estimate of drug-likeness (QED) is 0.588. The van der Waals surface area contributed by atoms with E-state index in [2.05, 4.69) is 31.0 Å². The second-order valence-electron chi connectivity index (χ2n) is 2.67. The summed E-state index contributed by atoms with van der Waals surface area (Å²) in [4.78, 5) is 4.21. The summed E-state index contributed by atoms with van der Waals surface area (Å²) in [6, 6.07) is 10.3. The van der Waals surface area contributed by atoms with Crippen LogP contribution in [-0.2, 0) is 0 Å². The fourth-order valence-electron chi connectivity index (χ4n) is 1.19. The van der Waals surface area contributed by atoms with Crippen molar-refractivity contribution >= 4 is 18.6 Å². The van der Waals surface area contributed by atoms with E-state index in [1.54, 1.807) is 0 Å². The van der Waals surface area contributed by atoms with Crippen LogP contribution in [0, 0.1) is 6.92 Å². The lowest BCUT2D eigenvalue weighted by Crippen LogP contribution is -1.79. The molecule has 0 aliphatic rings. The van der Waals surface area contributed by atoms with Crippen molar-refractivity contribution in [2.75, 3.05) is 0 Å². The third kappa shape index (κ3) is 4.15. The minimum atomic E-state index is 1.07. The Morgan fingerprint density at radius 1 is 1.00 bits per heavy atom. The molecular formula is C13H18BN. The van der Waals surface area contributed by atoms with Crippen LogP contribution in [0.25, 0.3) is 10.8 Å². The van der Waals surface area contributed by atoms with Crippen molar-refractivity contribution in [3.63, 3.8) is 0 Å². The summed E-state index contributed by atoms with van der Waals surface area (Å²) in [5.41, 5.74) is 1.07. The van der Waals surface area contributed by atoms with Crippen LogP contribution >= 0.6 is 0 Å². The molecule has 0 saturated carbocycles. The van der Waals surface area contributed by atoms with Gasteiger partial charge < -0.3 is 0 Å². The molecule has 0 aliphatic carbocycles. The van der Waals surface area contributed by atoms with Gasteiger partial charge in [-0.05, 0) is 18.4 Å². The van der Waals surface area contributed by atoms with Crippen LogP contribution in [0.15, 0.2) is 36.5 Å². The van der Waals surface area contributed by atoms with Crippen molar-refractivity contribution in [2.24, 2.45) is 0 Å². The van der Waals surface area contributed by atoms with Gasteiger partial charge in [0.2, 0.25) is 0 Å². The maximum Gasteiger partial charge on any atom is 0.0606 e. The van der Waals surface area contributed by atoms with Crippen LogP contribution in [0.2, 0.25) is 6.82 Å². The molecule has 15 heavy (non-hydrogen) atoms. The molecular weight excluding hydrogens is 181 g/mol. The van der Waals surface area contributed by atoms with Gasteiger partial charge in [0.25, 0.3) is 0 Å². The molecule has 2 rings (SSSR count). The van der Waals surface area contributed by atoms with Crippen molar-refractivity contribution < 1.29 is 0 Å². The van der Waals surface area contributed by atoms with Crippen LogP contribution in [-0.4, -0.2) is 12.8 Å². The van der Waals surface area contributed by atoms with Gasteiger partial charge in [-0.3, -0.25) is 4.98 Å². The minimum Gasteiger partial charge on any atom is -0.261 e. The minimum absolute atomic E-state index is 1.07. The van der Waals surface area contributed by atoms with Gasteiger partial charge in [0.1, 0.15) is 0 Å². The Bertz CT molecular complexity index is 385. The van der Waals surface area contributed by atoms with Gasteiger partial charge in [-0.1, -0.05) is 44.9 Å². The number of benzene rings is 1. The van der Waals surface area contributed by atoms with Crippen LogP contribution in [0.3, 0.4) is 0 Å². The maximum atomic E-state index is 4.50. The number of rotatable bonds is 0. The number of fused-ring (bicyclic) bond motifs is 1. The normalized spacial score (nSPS) is 8.27. The maximum absolute atomic E-state index is 4.50. The summed E-state index contributed by atoms with van der Waals surface area (Å²) in [6.07, 6.45) is 1.91. The van der Waals surface area contributed by atoms with Crippen LogP contribution < -0.4 is 0 Å². The summed E-state index contributed by atoms with van der Waals surface area (Å²) in [7, 11) is 4.50. The highest BCUT2D eigenvalue weighted by atomic mass is 14.6. The van der Waals surface area contributed by atoms with E-state index < -0.39 is 0 Å². The largest absolute Gasteiger partial charge is 0.261 e. The van der Waals surface area contributed by atoms with Crippen molar-refractivity contribution in [3.05, 3.63) is 42.2 Å². The van der Waals surface area contributed by atoms with Crippen LogP contribution in [0.4, 0.5) is 0 Å². The lowest BCUT2D eigenvalue weighted by Gasteiger charge is -1.96. The Balaban J connectivity index is 0.000000442. The third-order valence-electron chi connectivity index (χ3n) is 1.77. The first-order chi connectivity index (χ1) is 7.36. The SMILES string of the molecule is CC.Cc1cc2ccccc2cn1.[B]C. The molecule has 0 fully saturated rings. The first-order valence-electron chi connectivity index (χ1n) is 5.25. The van der Waals surface area contributed by atoms with Gasteiger partial charge in [0, 0.05) is 17.3 Å². The molecule has 0 aliphatic heterocycles. The highest BCUT2D eigenvalue weighted by Crippen LogP contribution is 2.12. The molecule has 2 aromatic rings. The molecule has 0 amide bonds. The molecule has 1 heterocycles. The summed E-state index contributed by atoms with van der Waals surface area (Å²) >= 11 is 0. The van der Waals surface area contributed by atoms with Crippen molar-refractivity contribution in [3.8, 4) is 0 Å². The Labute approximate surface area is 94.0 Å². The van der Waals surface area contributed by atoms with Gasteiger partial charge in [-0.15, -0.1) is 0 Å². The van der Waals surface area contributed by atoms with E-state index in [4.69, 9.17) is 0 Å². The highest BCUT2D eigenvalue weighted by molar-refractivity contribution is 6.05. The second-order valence-corrected chi connectivity index (χ2v) is 2.67. The number of nitrogens with zero attached hydrogens (tertiary/aromatic N) is 1. The van der Waals surface area contributed by atoms with Crippen molar-refractivity contribution in [1.29, 1.82) is 0 Å². The number of aromatic nitrogens is 1. The number of hydrogen-bond acceptors (Lipinski definition) is 1. The fourth-order valence-corrected chi connectivity index (χ4v) is 1.19. The van der Waals surface area contributed by atoms with E-state index in [9.17, 15) is 0 Å². The smallest absolute Gasteiger partial charge is 0.0606 e. The standard InChI is InChI=1S/C10H9N.C2H6.CH3B/c1-8-6-9-4-2-3-5-10(9)7-11-8;2*1-2/h2-7H,1H3;1-2H3;1H3. The topological polar surface area (TPSA) is 12.9 Å². The van der Waals surface area contributed by atoms with Crippen LogP contribution in [0.1, 0.15) is 19.5 Å². The second kappa shape index (κ2) is 8.04. The Morgan fingerprint density at radius 2 is 1.53 bits per heavy atom. The summed E-state index contributed by atoms with van der Waals surface area (Å²) < 4.78 is 0. The van der Waals surface area contributed by atoms with Crippen molar-refractivity contribution in [2.45, 2.75) is 27.6 Å². The molecule has 78 valence electrons. The Morgan fingerprint density at radius 3 is 2.13 bits per heavy atom. The first-order valence-corrected chi connectivity index (χ1v) is 5.25. The molecule has 0 saturated heterocycles. The van der Waals surface area contributed by atoms with Gasteiger partial charge >= 0.3 is 0 Å². The molecule has 0 atom stereocenters. The molecule has 2 radical (unpaired) electrons. The zero-order chi connectivity index (χ0) is 11.7. The van der Waals surface area contributed by atoms with Gasteiger partial charge in [-0.2, -0.15) is 0 Å². The van der Waals surface area contributed by atoms with E-state index in [0.717, 1.165) is 5.69 Å². The summed E-state index contributed by atoms with van der Waals surface area (Å²) in [5.74, 6) is 0. The van der Waals surface area contributed by atoms with E-state index in [0.29, 0.717) is 0 Å². The predicted molar refractivity (Wildman–Crippen MR) is 69.4 cm³/mol. The molecule has 0 bridgehead atoms. The van der Waals surface area contributed by atoms with E-state index in [-0.39, 0.29) is 0 Å². The van der Waals surface area contributed by atoms with E-state index >= 15 is 0 Å². The Hall–Kier alpha value is -1.31. The average Bonchev–Trinajstić information content (AvgIpc) is 2.34. The van der Waals surface area contributed by atoms with E-state index in [1.165, 1.54) is 17.6 Å². The molecule has 0 unspecified atom stereocenters. The first kappa shape index (κ1) is 13.7. The fraction of sp³-hybridized carbons (Fsp3) is 0.308. The average molecular weight is 199 g/mol. The van der Waals surface area contributed by atoms with Gasteiger partial charge in [0.05, 0.1) is 7.85 Å². The molecule has 1 nitrogen and oxygen atoms in total. The lowest BCUT2D eigenvalue weighted by atomic mass is 10.1. The summed E-state index contributed by atoms with van der Waals surface area (Å²) in [5, 5.41) is 2.47. The predicted octanol–water partition coefficient (Wildman–Crippen LogP) is 3.77. The zero-order valence-corrected chi connectivity index (χ0v) is 9.99. The lowest BCUT2D eigenvalue weighted by molar-refractivity contribution is 1.22. The monoisotopic (exact) mass is 199 g/mol. The highest BCUT2D eigenvalue weighted by Gasteiger charge is 1.90. The third-order valence-corrected chi connectivity index (χ3v) is 1.77. The Kier molecular flexibility index (Phi) is 7.34. The summed E-state index contributed by atoms with van der Waals surface area (Å²) in [6.45, 7) is 7.51. The molecule has 0 spiro atoms. The molecule has 0 N–H and O–H groups in total. The van der Waals surface area contributed by atoms with Gasteiger partial charge in [-0.25, -0.2) is 0 Å². The molecule has 1 aromatic heterocycles. The van der Waals surface area contributed by atoms with Gasteiger partial charge in [0.15, 0.2) is 0 Å². The molecule has 2 heteroatoms. The van der Waals surface area contributed by atoms with Crippen molar-refractivity contribution in [1.82, 2.24) is 4.98 Å². The number of aryl methyl sites for hydroxylation is 1. The van der Waals surface area contributed by atoms with E-state index in [1.807, 2.05) is 39.1 Å². The number of pyridine rings is 1. The number of hydrogen-bond donors (Lipinski definition) is 0. The molecule has 1 aromatic carbocycles. The van der Waals surface area contributed by atoms with Crippen LogP contribution in [0.5, 0.6) is 0 Å². The zero-order valence-electron chi connectivity index (χ0n) is 9.99.